The molecule has 0 aliphatic heterocycles. The van der Waals surface area contributed by atoms with Gasteiger partial charge < -0.3 is 10.6 Å². The molecular weight excluding hydrogens is 326 g/mol. The summed E-state index contributed by atoms with van der Waals surface area (Å²) in [6, 6.07) is 4.83. The summed E-state index contributed by atoms with van der Waals surface area (Å²) in [6.07, 6.45) is 4.69. The zero-order valence-corrected chi connectivity index (χ0v) is 15.2. The van der Waals surface area contributed by atoms with Crippen LogP contribution in [0.15, 0.2) is 23.1 Å². The minimum atomic E-state index is -3.60. The molecule has 0 unspecified atom stereocenters. The Kier molecular flexibility index (Phi) is 6.77. The molecule has 7 heteroatoms. The third-order valence-corrected chi connectivity index (χ3v) is 5.97. The molecule has 1 aliphatic carbocycles. The maximum absolute atomic E-state index is 12.6. The summed E-state index contributed by atoms with van der Waals surface area (Å²) in [7, 11) is -1.74. The summed E-state index contributed by atoms with van der Waals surface area (Å²) in [5, 5.41) is 5.82. The average Bonchev–Trinajstić information content (AvgIpc) is 3.03. The van der Waals surface area contributed by atoms with Gasteiger partial charge in [0.25, 0.3) is 5.91 Å². The van der Waals surface area contributed by atoms with Crippen molar-refractivity contribution in [3.63, 3.8) is 0 Å². The number of hydrogen-bond donors (Lipinski definition) is 3. The summed E-state index contributed by atoms with van der Waals surface area (Å²) in [6.45, 7) is 3.12. The quantitative estimate of drug-likeness (QED) is 0.619. The van der Waals surface area contributed by atoms with Crippen molar-refractivity contribution in [2.75, 3.05) is 20.1 Å². The van der Waals surface area contributed by atoms with Crippen molar-refractivity contribution in [2.24, 2.45) is 0 Å². The Labute approximate surface area is 144 Å². The van der Waals surface area contributed by atoms with Gasteiger partial charge in [0, 0.05) is 18.2 Å². The van der Waals surface area contributed by atoms with E-state index in [4.69, 9.17) is 0 Å². The number of carbonyl (C=O) groups is 1. The Balaban J connectivity index is 2.11. The van der Waals surface area contributed by atoms with Gasteiger partial charge in [0.2, 0.25) is 10.0 Å². The van der Waals surface area contributed by atoms with Gasteiger partial charge in [-0.1, -0.05) is 18.9 Å². The van der Waals surface area contributed by atoms with Crippen LogP contribution in [0.25, 0.3) is 0 Å². The molecule has 1 aliphatic rings. The van der Waals surface area contributed by atoms with E-state index in [0.717, 1.165) is 38.6 Å². The Morgan fingerprint density at radius 3 is 2.58 bits per heavy atom. The van der Waals surface area contributed by atoms with Crippen molar-refractivity contribution >= 4 is 15.9 Å². The lowest BCUT2D eigenvalue weighted by molar-refractivity contribution is 0.0953. The summed E-state index contributed by atoms with van der Waals surface area (Å²) in [5.41, 5.74) is 1.02. The van der Waals surface area contributed by atoms with Crippen LogP contribution in [0.3, 0.4) is 0 Å². The van der Waals surface area contributed by atoms with Crippen molar-refractivity contribution in [3.05, 3.63) is 29.3 Å². The first kappa shape index (κ1) is 18.9. The first-order chi connectivity index (χ1) is 11.4. The van der Waals surface area contributed by atoms with Crippen LogP contribution in [0.4, 0.5) is 0 Å². The Hall–Kier alpha value is -1.44. The van der Waals surface area contributed by atoms with Gasteiger partial charge in [-0.2, -0.15) is 0 Å². The maximum atomic E-state index is 12.6. The van der Waals surface area contributed by atoms with E-state index in [1.807, 2.05) is 7.05 Å². The molecule has 0 radical (unpaired) electrons. The summed E-state index contributed by atoms with van der Waals surface area (Å²) in [4.78, 5) is 12.4. The van der Waals surface area contributed by atoms with Crippen LogP contribution < -0.4 is 15.4 Å². The second kappa shape index (κ2) is 8.60. The van der Waals surface area contributed by atoms with Crippen molar-refractivity contribution in [2.45, 2.75) is 50.0 Å². The number of hydrogen-bond acceptors (Lipinski definition) is 4. The van der Waals surface area contributed by atoms with E-state index in [1.54, 1.807) is 19.1 Å². The predicted molar refractivity (Wildman–Crippen MR) is 94.6 cm³/mol. The fraction of sp³-hybridized carbons (Fsp3) is 0.588. The molecule has 2 rings (SSSR count). The van der Waals surface area contributed by atoms with E-state index in [-0.39, 0.29) is 16.8 Å². The third-order valence-electron chi connectivity index (χ3n) is 4.31. The monoisotopic (exact) mass is 353 g/mol. The first-order valence-electron chi connectivity index (χ1n) is 8.50. The lowest BCUT2D eigenvalue weighted by Crippen LogP contribution is -2.33. The second-order valence-electron chi connectivity index (χ2n) is 6.30. The van der Waals surface area contributed by atoms with E-state index in [0.29, 0.717) is 17.7 Å². The highest BCUT2D eigenvalue weighted by Gasteiger charge is 2.25. The fourth-order valence-electron chi connectivity index (χ4n) is 2.93. The van der Waals surface area contributed by atoms with E-state index in [9.17, 15) is 13.2 Å². The minimum Gasteiger partial charge on any atom is -0.352 e. The van der Waals surface area contributed by atoms with Gasteiger partial charge in [-0.05, 0) is 57.5 Å². The minimum absolute atomic E-state index is 0.00780. The zero-order chi connectivity index (χ0) is 17.6. The van der Waals surface area contributed by atoms with E-state index >= 15 is 0 Å². The molecule has 1 aromatic rings. The van der Waals surface area contributed by atoms with Gasteiger partial charge in [-0.15, -0.1) is 0 Å². The molecule has 0 spiro atoms. The van der Waals surface area contributed by atoms with Gasteiger partial charge in [0.05, 0.1) is 4.90 Å². The van der Waals surface area contributed by atoms with E-state index in [2.05, 4.69) is 15.4 Å². The smallest absolute Gasteiger partial charge is 0.251 e. The number of aryl methyl sites for hydroxylation is 1. The molecule has 3 N–H and O–H groups in total. The molecule has 1 amide bonds. The third kappa shape index (κ3) is 5.03. The summed E-state index contributed by atoms with van der Waals surface area (Å²) >= 11 is 0. The predicted octanol–water partition coefficient (Wildman–Crippen LogP) is 1.56. The molecule has 134 valence electrons. The number of carbonyl (C=O) groups excluding carboxylic acids is 1. The van der Waals surface area contributed by atoms with Crippen LogP contribution in [0.5, 0.6) is 0 Å². The second-order valence-corrected chi connectivity index (χ2v) is 7.98. The van der Waals surface area contributed by atoms with Gasteiger partial charge in [0.1, 0.15) is 0 Å². The lowest BCUT2D eigenvalue weighted by Gasteiger charge is -2.15. The van der Waals surface area contributed by atoms with Crippen LogP contribution in [-0.4, -0.2) is 40.5 Å². The van der Waals surface area contributed by atoms with Crippen LogP contribution in [-0.2, 0) is 10.0 Å². The molecule has 24 heavy (non-hydrogen) atoms. The highest BCUT2D eigenvalue weighted by molar-refractivity contribution is 7.89. The van der Waals surface area contributed by atoms with Crippen LogP contribution in [0, 0.1) is 6.92 Å². The molecule has 1 saturated carbocycles. The highest BCUT2D eigenvalue weighted by Crippen LogP contribution is 2.22. The molecule has 1 aromatic carbocycles. The normalized spacial score (nSPS) is 15.6. The van der Waals surface area contributed by atoms with Crippen LogP contribution in [0.2, 0.25) is 0 Å². The number of rotatable bonds is 8. The maximum Gasteiger partial charge on any atom is 0.251 e. The number of amides is 1. The molecule has 1 fully saturated rings. The Morgan fingerprint density at radius 2 is 1.92 bits per heavy atom. The molecule has 0 bridgehead atoms. The zero-order valence-electron chi connectivity index (χ0n) is 14.4. The van der Waals surface area contributed by atoms with Gasteiger partial charge in [-0.3, -0.25) is 4.79 Å². The van der Waals surface area contributed by atoms with E-state index in [1.165, 1.54) is 6.07 Å². The Bertz CT molecular complexity index is 668. The van der Waals surface area contributed by atoms with Crippen molar-refractivity contribution in [3.8, 4) is 0 Å². The molecule has 0 aromatic heterocycles. The van der Waals surface area contributed by atoms with Crippen molar-refractivity contribution in [1.82, 2.24) is 15.4 Å². The van der Waals surface area contributed by atoms with Gasteiger partial charge in [-0.25, -0.2) is 13.1 Å². The summed E-state index contributed by atoms with van der Waals surface area (Å²) < 4.78 is 28.0. The SMILES string of the molecule is CNCCCNC(=O)c1ccc(C)c(S(=O)(=O)NC2CCCC2)c1. The molecule has 0 saturated heterocycles. The number of nitrogens with one attached hydrogen (secondary N) is 3. The van der Waals surface area contributed by atoms with Crippen molar-refractivity contribution in [1.29, 1.82) is 0 Å². The molecular formula is C17H27N3O3S. The summed E-state index contributed by atoms with van der Waals surface area (Å²) in [5.74, 6) is -0.247. The molecule has 0 heterocycles. The van der Waals surface area contributed by atoms with Crippen LogP contribution >= 0.6 is 0 Å². The first-order valence-corrected chi connectivity index (χ1v) is 9.98. The Morgan fingerprint density at radius 1 is 1.21 bits per heavy atom. The highest BCUT2D eigenvalue weighted by atomic mass is 32.2. The molecule has 0 atom stereocenters. The van der Waals surface area contributed by atoms with Gasteiger partial charge in [0.15, 0.2) is 0 Å². The lowest BCUT2D eigenvalue weighted by atomic mass is 10.1. The van der Waals surface area contributed by atoms with E-state index < -0.39 is 10.0 Å². The number of benzene rings is 1. The van der Waals surface area contributed by atoms with Crippen LogP contribution in [0.1, 0.15) is 48.0 Å². The fourth-order valence-corrected chi connectivity index (χ4v) is 4.50. The van der Waals surface area contributed by atoms with Crippen molar-refractivity contribution < 1.29 is 13.2 Å². The molecule has 6 nitrogen and oxygen atoms in total. The van der Waals surface area contributed by atoms with Gasteiger partial charge >= 0.3 is 0 Å². The topological polar surface area (TPSA) is 87.3 Å². The largest absolute Gasteiger partial charge is 0.352 e. The standard InChI is InChI=1S/C17H27N3O3S/c1-13-8-9-14(17(21)19-11-5-10-18-2)12-16(13)24(22,23)20-15-6-3-4-7-15/h8-9,12,15,18,20H,3-7,10-11H2,1-2H3,(H,19,21). The number of sulfonamides is 1. The average molecular weight is 353 g/mol.